The third-order valence-electron chi connectivity index (χ3n) is 5.99. The largest absolute Gasteiger partial charge is 0.493 e. The lowest BCUT2D eigenvalue weighted by Crippen LogP contribution is -2.48. The van der Waals surface area contributed by atoms with E-state index in [-0.39, 0.29) is 19.7 Å². The molecule has 2 N–H and O–H groups in total. The molecule has 0 saturated carbocycles. The number of carbonyl (C=O) groups excluding carboxylic acids is 1. The van der Waals surface area contributed by atoms with Gasteiger partial charge in [0.15, 0.2) is 16.4 Å². The molecule has 0 radical (unpaired) electrons. The van der Waals surface area contributed by atoms with E-state index in [1.807, 2.05) is 0 Å². The van der Waals surface area contributed by atoms with Crippen LogP contribution >= 0.6 is 0 Å². The van der Waals surface area contributed by atoms with Crippen LogP contribution in [0.15, 0.2) is 59.6 Å². The summed E-state index contributed by atoms with van der Waals surface area (Å²) in [5.74, 6) is 0.474. The maximum atomic E-state index is 13.8. The number of pyridine rings is 1. The van der Waals surface area contributed by atoms with E-state index in [0.717, 1.165) is 16.4 Å². The molecule has 0 bridgehead atoms. The molecule has 1 aromatic heterocycles. The van der Waals surface area contributed by atoms with Gasteiger partial charge in [0.2, 0.25) is 11.7 Å². The van der Waals surface area contributed by atoms with Gasteiger partial charge in [0, 0.05) is 30.9 Å². The van der Waals surface area contributed by atoms with Gasteiger partial charge >= 0.3 is 0 Å². The number of para-hydroxylation sites is 1. The Morgan fingerprint density at radius 3 is 2.33 bits per heavy atom. The monoisotopic (exact) mass is 574 g/mol. The lowest BCUT2D eigenvalue weighted by molar-refractivity contribution is -0.387. The Hall–Kier alpha value is -4.27. The molecule has 0 fully saturated rings. The quantitative estimate of drug-likeness (QED) is 0.228. The molecular weight excluding hydrogens is 544 g/mol. The molecule has 13 nitrogen and oxygen atoms in total. The highest BCUT2D eigenvalue weighted by molar-refractivity contribution is 7.89. The van der Waals surface area contributed by atoms with Gasteiger partial charge in [-0.25, -0.2) is 8.42 Å². The maximum absolute atomic E-state index is 13.8. The Bertz CT molecular complexity index is 1460. The third kappa shape index (κ3) is 6.47. The Morgan fingerprint density at radius 1 is 1.10 bits per heavy atom. The lowest BCUT2D eigenvalue weighted by atomic mass is 10.1. The number of nitro groups is 1. The summed E-state index contributed by atoms with van der Waals surface area (Å²) in [5.41, 5.74) is 0.849. The highest BCUT2D eigenvalue weighted by Crippen LogP contribution is 2.41. The van der Waals surface area contributed by atoms with Crippen molar-refractivity contribution >= 4 is 21.6 Å². The normalized spacial score (nSPS) is 12.1. The van der Waals surface area contributed by atoms with Crippen LogP contribution < -0.4 is 19.5 Å². The molecular formula is C26H30N4O9S. The van der Waals surface area contributed by atoms with Crippen molar-refractivity contribution in [1.82, 2.24) is 14.6 Å². The maximum Gasteiger partial charge on any atom is 0.289 e. The summed E-state index contributed by atoms with van der Waals surface area (Å²) >= 11 is 0. The first-order chi connectivity index (χ1) is 19.1. The molecule has 214 valence electrons. The van der Waals surface area contributed by atoms with E-state index in [2.05, 4.69) is 10.3 Å². The number of nitro benzene ring substituents is 1. The van der Waals surface area contributed by atoms with Crippen molar-refractivity contribution in [2.45, 2.75) is 24.4 Å². The fourth-order valence-electron chi connectivity index (χ4n) is 3.98. The lowest BCUT2D eigenvalue weighted by Gasteiger charge is -2.27. The van der Waals surface area contributed by atoms with E-state index < -0.39 is 37.5 Å². The fourth-order valence-corrected chi connectivity index (χ4v) is 5.72. The number of hydrogen-bond donors (Lipinski definition) is 2. The van der Waals surface area contributed by atoms with Crippen LogP contribution in [0.4, 0.5) is 5.69 Å². The molecule has 0 aliphatic carbocycles. The number of benzene rings is 2. The molecule has 1 atom stereocenters. The molecule has 3 rings (SSSR count). The smallest absolute Gasteiger partial charge is 0.289 e. The molecule has 1 heterocycles. The number of sulfonamides is 1. The second-order valence-electron chi connectivity index (χ2n) is 8.43. The van der Waals surface area contributed by atoms with Crippen LogP contribution in [0.1, 0.15) is 12.5 Å². The molecule has 14 heteroatoms. The zero-order chi connectivity index (χ0) is 29.4. The van der Waals surface area contributed by atoms with E-state index in [0.29, 0.717) is 34.1 Å². The average molecular weight is 575 g/mol. The summed E-state index contributed by atoms with van der Waals surface area (Å²) < 4.78 is 44.7. The Balaban J connectivity index is 2.10. The van der Waals surface area contributed by atoms with Gasteiger partial charge in [-0.3, -0.25) is 19.9 Å². The van der Waals surface area contributed by atoms with Crippen LogP contribution in [0.3, 0.4) is 0 Å². The Labute approximate surface area is 231 Å². The van der Waals surface area contributed by atoms with Gasteiger partial charge in [-0.2, -0.15) is 4.31 Å². The molecule has 2 aromatic carbocycles. The van der Waals surface area contributed by atoms with Crippen LogP contribution in [0, 0.1) is 10.1 Å². The highest BCUT2D eigenvalue weighted by Gasteiger charge is 2.37. The summed E-state index contributed by atoms with van der Waals surface area (Å²) in [7, 11) is -0.142. The molecule has 40 heavy (non-hydrogen) atoms. The van der Waals surface area contributed by atoms with E-state index in [9.17, 15) is 23.3 Å². The number of nitrogens with one attached hydrogen (secondary N) is 1. The minimum absolute atomic E-state index is 0.0942. The second kappa shape index (κ2) is 13.2. The van der Waals surface area contributed by atoms with E-state index in [4.69, 9.17) is 19.3 Å². The molecule has 3 aromatic rings. The number of nitrogens with zero attached hydrogens (tertiary/aromatic N) is 3. The van der Waals surface area contributed by atoms with Crippen molar-refractivity contribution in [3.63, 3.8) is 0 Å². The summed E-state index contributed by atoms with van der Waals surface area (Å²) in [6.45, 7) is 0.601. The zero-order valence-electron chi connectivity index (χ0n) is 22.4. The molecule has 0 unspecified atom stereocenters. The van der Waals surface area contributed by atoms with Gasteiger partial charge in [-0.05, 0) is 42.8 Å². The molecule has 0 aliphatic rings. The highest BCUT2D eigenvalue weighted by atomic mass is 32.2. The molecule has 0 spiro atoms. The number of hydrogen-bond acceptors (Lipinski definition) is 10. The minimum Gasteiger partial charge on any atom is -0.493 e. The second-order valence-corrected chi connectivity index (χ2v) is 10.3. The van der Waals surface area contributed by atoms with Gasteiger partial charge in [0.05, 0.1) is 38.6 Å². The number of aliphatic hydroxyl groups excluding tert-OH is 1. The first kappa shape index (κ1) is 30.3. The van der Waals surface area contributed by atoms with Crippen molar-refractivity contribution in [1.29, 1.82) is 0 Å². The van der Waals surface area contributed by atoms with Gasteiger partial charge in [-0.1, -0.05) is 12.1 Å². The number of amides is 1. The van der Waals surface area contributed by atoms with Crippen molar-refractivity contribution in [2.75, 3.05) is 34.5 Å². The molecule has 0 saturated heterocycles. The number of aromatic nitrogens is 1. The standard InChI is InChI=1S/C26H30N4O9S/c1-17(26(32)28-11-12-31)29(40(35,36)24-8-6-5-7-21(24)30(33)34)16-18-9-10-27-20(13-18)19-14-22(37-2)25(39-4)23(15-19)38-3/h5-10,13-15,17,31H,11-12,16H2,1-4H3,(H,28,32)/t17-/m0/s1. The van der Waals surface area contributed by atoms with E-state index >= 15 is 0 Å². The Kier molecular flexibility index (Phi) is 9.98. The predicted octanol–water partition coefficient (Wildman–Crippen LogP) is 2.37. The summed E-state index contributed by atoms with van der Waals surface area (Å²) in [6, 6.07) is 10.2. The SMILES string of the molecule is COc1cc(-c2cc(CN([C@@H](C)C(=O)NCCO)S(=O)(=O)c3ccccc3[N+](=O)[O-])ccn2)cc(OC)c1OC. The number of rotatable bonds is 13. The number of aliphatic hydroxyl groups is 1. The van der Waals surface area contributed by atoms with Crippen LogP contribution in [0.2, 0.25) is 0 Å². The van der Waals surface area contributed by atoms with Crippen LogP contribution in [-0.2, 0) is 21.4 Å². The van der Waals surface area contributed by atoms with Gasteiger partial charge in [-0.15, -0.1) is 0 Å². The number of methoxy groups -OCH3 is 3. The van der Waals surface area contributed by atoms with Crippen molar-refractivity contribution in [3.05, 3.63) is 70.4 Å². The zero-order valence-corrected chi connectivity index (χ0v) is 23.2. The first-order valence-corrected chi connectivity index (χ1v) is 13.4. The first-order valence-electron chi connectivity index (χ1n) is 12.0. The Morgan fingerprint density at radius 2 is 1.75 bits per heavy atom. The van der Waals surface area contributed by atoms with Gasteiger partial charge in [0.1, 0.15) is 6.04 Å². The van der Waals surface area contributed by atoms with Crippen LogP contribution in [0.25, 0.3) is 11.3 Å². The topological polar surface area (TPSA) is 170 Å². The van der Waals surface area contributed by atoms with Crippen LogP contribution in [0.5, 0.6) is 17.2 Å². The summed E-state index contributed by atoms with van der Waals surface area (Å²) in [4.78, 5) is 27.5. The number of ether oxygens (including phenoxy) is 3. The van der Waals surface area contributed by atoms with E-state index in [1.54, 1.807) is 24.3 Å². The van der Waals surface area contributed by atoms with Gasteiger partial charge in [0.25, 0.3) is 15.7 Å². The number of carbonyl (C=O) groups is 1. The minimum atomic E-state index is -4.56. The summed E-state index contributed by atoms with van der Waals surface area (Å²) in [6.07, 6.45) is 1.47. The van der Waals surface area contributed by atoms with Gasteiger partial charge < -0.3 is 24.6 Å². The van der Waals surface area contributed by atoms with Crippen LogP contribution in [-0.4, -0.2) is 74.2 Å². The summed E-state index contributed by atoms with van der Waals surface area (Å²) in [5, 5.41) is 23.2. The predicted molar refractivity (Wildman–Crippen MR) is 145 cm³/mol. The fraction of sp³-hybridized carbons (Fsp3) is 0.308. The average Bonchev–Trinajstić information content (AvgIpc) is 2.97. The van der Waals surface area contributed by atoms with Crippen molar-refractivity contribution < 1.29 is 37.5 Å². The third-order valence-corrected chi connectivity index (χ3v) is 7.96. The van der Waals surface area contributed by atoms with E-state index in [1.165, 1.54) is 46.6 Å². The molecule has 0 aliphatic heterocycles. The van der Waals surface area contributed by atoms with Crippen molar-refractivity contribution in [2.24, 2.45) is 0 Å². The molecule has 1 amide bonds. The van der Waals surface area contributed by atoms with Crippen molar-refractivity contribution in [3.8, 4) is 28.5 Å².